The molecule has 0 saturated carbocycles. The molecule has 0 aromatic carbocycles. The Morgan fingerprint density at radius 2 is 0.643 bits per heavy atom. The fourth-order valence-corrected chi connectivity index (χ4v) is 9.01. The normalized spacial score (nSPS) is 12.6. The van der Waals surface area contributed by atoms with E-state index in [1.807, 2.05) is 0 Å². The van der Waals surface area contributed by atoms with E-state index in [4.69, 9.17) is 14.2 Å². The lowest BCUT2D eigenvalue weighted by molar-refractivity contribution is -0.163. The topological polar surface area (TPSA) is 61.8 Å². The number of allylic oxidation sites excluding steroid dienone is 10. The van der Waals surface area contributed by atoms with Gasteiger partial charge in [0.25, 0.3) is 0 Å². The van der Waals surface area contributed by atoms with Crippen LogP contribution >= 0.6 is 0 Å². The van der Waals surface area contributed by atoms with Gasteiger partial charge in [0.05, 0.1) is 6.61 Å². The first-order chi connectivity index (χ1) is 34.6. The molecule has 5 nitrogen and oxygen atoms in total. The van der Waals surface area contributed by atoms with E-state index < -0.39 is 6.10 Å². The summed E-state index contributed by atoms with van der Waals surface area (Å²) in [5.74, 6) is -0.416. The number of carbonyl (C=O) groups excluding carboxylic acids is 2. The third-order valence-corrected chi connectivity index (χ3v) is 13.6. The van der Waals surface area contributed by atoms with Crippen molar-refractivity contribution in [3.8, 4) is 0 Å². The summed E-state index contributed by atoms with van der Waals surface area (Å²) < 4.78 is 17.5. The van der Waals surface area contributed by atoms with E-state index in [2.05, 4.69) is 81.5 Å². The molecule has 0 aromatic heterocycles. The molecule has 0 aliphatic heterocycles. The van der Waals surface area contributed by atoms with Gasteiger partial charge in [-0.25, -0.2) is 0 Å². The molecule has 0 aliphatic carbocycles. The van der Waals surface area contributed by atoms with Crippen LogP contribution in [0.1, 0.15) is 316 Å². The Kier molecular flexibility index (Phi) is 58.8. The van der Waals surface area contributed by atoms with Gasteiger partial charge in [-0.15, -0.1) is 0 Å². The van der Waals surface area contributed by atoms with Crippen molar-refractivity contribution in [3.63, 3.8) is 0 Å². The molecule has 0 amide bonds. The van der Waals surface area contributed by atoms with E-state index in [0.717, 1.165) is 77.0 Å². The van der Waals surface area contributed by atoms with Gasteiger partial charge in [0, 0.05) is 19.4 Å². The van der Waals surface area contributed by atoms with Gasteiger partial charge in [-0.3, -0.25) is 9.59 Å². The highest BCUT2D eigenvalue weighted by atomic mass is 16.6. The molecule has 5 heteroatoms. The maximum absolute atomic E-state index is 12.9. The van der Waals surface area contributed by atoms with E-state index in [1.165, 1.54) is 205 Å². The molecule has 1 unspecified atom stereocenters. The zero-order valence-corrected chi connectivity index (χ0v) is 47.0. The van der Waals surface area contributed by atoms with Crippen LogP contribution in [0.4, 0.5) is 0 Å². The second-order valence-corrected chi connectivity index (χ2v) is 20.6. The smallest absolute Gasteiger partial charge is 0.306 e. The minimum atomic E-state index is -0.548. The summed E-state index contributed by atoms with van der Waals surface area (Å²) in [4.78, 5) is 25.6. The van der Waals surface area contributed by atoms with Crippen molar-refractivity contribution in [1.82, 2.24) is 0 Å². The molecule has 0 N–H and O–H groups in total. The van der Waals surface area contributed by atoms with Crippen LogP contribution in [0, 0.1) is 0 Å². The fourth-order valence-electron chi connectivity index (χ4n) is 9.01. The van der Waals surface area contributed by atoms with Gasteiger partial charge in [0.15, 0.2) is 6.10 Å². The van der Waals surface area contributed by atoms with E-state index in [0.29, 0.717) is 19.4 Å². The van der Waals surface area contributed by atoms with Crippen molar-refractivity contribution < 1.29 is 23.8 Å². The first kappa shape index (κ1) is 67.6. The number of hydrogen-bond donors (Lipinski definition) is 0. The Morgan fingerprint density at radius 3 is 1.03 bits per heavy atom. The maximum Gasteiger partial charge on any atom is 0.306 e. The highest BCUT2D eigenvalue weighted by Gasteiger charge is 2.17. The van der Waals surface area contributed by atoms with Crippen molar-refractivity contribution in [1.29, 1.82) is 0 Å². The summed E-state index contributed by atoms with van der Waals surface area (Å²) in [7, 11) is 0. The third-order valence-electron chi connectivity index (χ3n) is 13.6. The Labute approximate surface area is 436 Å². The third kappa shape index (κ3) is 58.2. The Bertz CT molecular complexity index is 1200. The lowest BCUT2D eigenvalue weighted by Crippen LogP contribution is -2.30. The summed E-state index contributed by atoms with van der Waals surface area (Å²) in [6.45, 7) is 7.74. The molecule has 1 atom stereocenters. The number of unbranched alkanes of at least 4 members (excludes halogenated alkanes) is 36. The molecule has 0 fully saturated rings. The first-order valence-electron chi connectivity index (χ1n) is 30.8. The highest BCUT2D eigenvalue weighted by molar-refractivity contribution is 5.70. The van der Waals surface area contributed by atoms with Gasteiger partial charge in [-0.2, -0.15) is 0 Å². The van der Waals surface area contributed by atoms with Gasteiger partial charge >= 0.3 is 11.9 Å². The van der Waals surface area contributed by atoms with Crippen LogP contribution in [-0.2, 0) is 23.8 Å². The van der Waals surface area contributed by atoms with Crippen LogP contribution in [-0.4, -0.2) is 37.9 Å². The average molecular weight is 980 g/mol. The Hall–Kier alpha value is -2.40. The zero-order valence-electron chi connectivity index (χ0n) is 47.0. The molecule has 0 spiro atoms. The monoisotopic (exact) mass is 979 g/mol. The Balaban J connectivity index is 4.28. The largest absolute Gasteiger partial charge is 0.462 e. The molecule has 0 heterocycles. The van der Waals surface area contributed by atoms with E-state index in [-0.39, 0.29) is 25.2 Å². The van der Waals surface area contributed by atoms with E-state index >= 15 is 0 Å². The van der Waals surface area contributed by atoms with Crippen LogP contribution in [0.3, 0.4) is 0 Å². The Morgan fingerprint density at radius 1 is 0.329 bits per heavy atom. The lowest BCUT2D eigenvalue weighted by Gasteiger charge is -2.18. The molecule has 0 saturated heterocycles. The number of hydrogen-bond acceptors (Lipinski definition) is 5. The quantitative estimate of drug-likeness (QED) is 0.0345. The van der Waals surface area contributed by atoms with Crippen LogP contribution in [0.25, 0.3) is 0 Å². The molecular weight excluding hydrogens is 861 g/mol. The van der Waals surface area contributed by atoms with Crippen molar-refractivity contribution in [3.05, 3.63) is 60.8 Å². The molecule has 0 rings (SSSR count). The predicted molar refractivity (Wildman–Crippen MR) is 307 cm³/mol. The van der Waals surface area contributed by atoms with E-state index in [1.54, 1.807) is 0 Å². The van der Waals surface area contributed by atoms with Gasteiger partial charge in [0.1, 0.15) is 6.61 Å². The number of carbonyl (C=O) groups is 2. The molecular formula is C65H118O5. The van der Waals surface area contributed by atoms with Crippen LogP contribution < -0.4 is 0 Å². The molecule has 0 radical (unpaired) electrons. The zero-order chi connectivity index (χ0) is 50.6. The summed E-state index contributed by atoms with van der Waals surface area (Å²) in [5.41, 5.74) is 0. The van der Waals surface area contributed by atoms with Gasteiger partial charge in [0.2, 0.25) is 0 Å². The molecule has 0 aromatic rings. The van der Waals surface area contributed by atoms with Crippen molar-refractivity contribution in [2.24, 2.45) is 0 Å². The van der Waals surface area contributed by atoms with Crippen molar-refractivity contribution in [2.75, 3.05) is 19.8 Å². The fraction of sp³-hybridized carbons (Fsp3) is 0.815. The minimum absolute atomic E-state index is 0.0721. The highest BCUT2D eigenvalue weighted by Crippen LogP contribution is 2.17. The van der Waals surface area contributed by atoms with E-state index in [9.17, 15) is 9.59 Å². The summed E-state index contributed by atoms with van der Waals surface area (Å²) in [6.07, 6.45) is 78.3. The number of ether oxygens (including phenoxy) is 3. The summed E-state index contributed by atoms with van der Waals surface area (Å²) in [6, 6.07) is 0. The average Bonchev–Trinajstić information content (AvgIpc) is 3.36. The second-order valence-electron chi connectivity index (χ2n) is 20.6. The SMILES string of the molecule is CC/C=C\C/C=C\C/C=C\C/C=C\C/C=C\CCCCCC(=O)OCC(COCCCCCCCCCCCCCCCCCCCCCC)OC(=O)CCCCCCCCCCCCCCCCC. The molecule has 408 valence electrons. The van der Waals surface area contributed by atoms with Crippen LogP contribution in [0.2, 0.25) is 0 Å². The van der Waals surface area contributed by atoms with Gasteiger partial charge in [-0.1, -0.05) is 300 Å². The van der Waals surface area contributed by atoms with Gasteiger partial charge < -0.3 is 14.2 Å². The van der Waals surface area contributed by atoms with Crippen LogP contribution in [0.5, 0.6) is 0 Å². The minimum Gasteiger partial charge on any atom is -0.462 e. The van der Waals surface area contributed by atoms with Crippen LogP contribution in [0.15, 0.2) is 60.8 Å². The van der Waals surface area contributed by atoms with Crippen molar-refractivity contribution in [2.45, 2.75) is 322 Å². The second kappa shape index (κ2) is 60.9. The summed E-state index contributed by atoms with van der Waals surface area (Å²) in [5, 5.41) is 0. The maximum atomic E-state index is 12.9. The number of esters is 2. The van der Waals surface area contributed by atoms with Gasteiger partial charge in [-0.05, 0) is 64.2 Å². The predicted octanol–water partition coefficient (Wildman–Crippen LogP) is 21.2. The molecule has 0 aliphatic rings. The standard InChI is InChI=1S/C65H118O5/c1-4-7-10-13-16-19-22-25-28-30-32-34-36-39-42-45-48-51-54-57-60-68-61-63(70-65(67)59-56-53-50-47-44-41-37-27-24-21-18-15-12-9-6-3)62-69-64(66)58-55-52-49-46-43-40-38-35-33-31-29-26-23-20-17-14-11-8-5-2/h8,11,17,20,26,29,33,35,40,43,63H,4-7,9-10,12-16,18-19,21-25,27-28,30-32,34,36-39,41-42,44-62H2,1-3H3/b11-8-,20-17-,29-26-,35-33-,43-40-. The summed E-state index contributed by atoms with van der Waals surface area (Å²) >= 11 is 0. The first-order valence-corrected chi connectivity index (χ1v) is 30.8. The molecule has 70 heavy (non-hydrogen) atoms. The van der Waals surface area contributed by atoms with Crippen molar-refractivity contribution >= 4 is 11.9 Å². The lowest BCUT2D eigenvalue weighted by atomic mass is 10.0. The molecule has 0 bridgehead atoms. The number of rotatable bonds is 57.